The highest BCUT2D eigenvalue weighted by Gasteiger charge is 2.19. The van der Waals surface area contributed by atoms with E-state index in [-0.39, 0.29) is 6.10 Å². The van der Waals surface area contributed by atoms with Crippen molar-refractivity contribution >= 4 is 0 Å². The first kappa shape index (κ1) is 11.4. The predicted molar refractivity (Wildman–Crippen MR) is 61.7 cm³/mol. The molecule has 0 amide bonds. The molecule has 2 unspecified atom stereocenters. The Kier molecular flexibility index (Phi) is 3.46. The van der Waals surface area contributed by atoms with E-state index in [0.717, 1.165) is 24.3 Å². The van der Waals surface area contributed by atoms with E-state index in [0.29, 0.717) is 6.61 Å². The third kappa shape index (κ3) is 2.20. The molecule has 16 heavy (non-hydrogen) atoms. The lowest BCUT2D eigenvalue weighted by Crippen LogP contribution is -2.18. The summed E-state index contributed by atoms with van der Waals surface area (Å²) in [5, 5.41) is 10.1. The molecule has 1 aliphatic rings. The number of benzene rings is 1. The van der Waals surface area contributed by atoms with Gasteiger partial charge in [-0.3, -0.25) is 0 Å². The van der Waals surface area contributed by atoms with Gasteiger partial charge in [-0.2, -0.15) is 0 Å². The first-order chi connectivity index (χ1) is 7.72. The van der Waals surface area contributed by atoms with Crippen molar-refractivity contribution in [3.8, 4) is 5.75 Å². The summed E-state index contributed by atoms with van der Waals surface area (Å²) in [7, 11) is 0. The van der Waals surface area contributed by atoms with Gasteiger partial charge < -0.3 is 14.6 Å². The zero-order valence-corrected chi connectivity index (χ0v) is 9.77. The van der Waals surface area contributed by atoms with Gasteiger partial charge in [0.1, 0.15) is 11.9 Å². The van der Waals surface area contributed by atoms with Gasteiger partial charge in [0.2, 0.25) is 0 Å². The van der Waals surface area contributed by atoms with Crippen molar-refractivity contribution in [2.75, 3.05) is 13.2 Å². The van der Waals surface area contributed by atoms with Crippen LogP contribution in [0.15, 0.2) is 18.2 Å². The van der Waals surface area contributed by atoms with Crippen molar-refractivity contribution in [1.82, 2.24) is 0 Å². The average molecular weight is 222 g/mol. The molecule has 3 nitrogen and oxygen atoms in total. The second-order valence-corrected chi connectivity index (χ2v) is 4.07. The van der Waals surface area contributed by atoms with Crippen molar-refractivity contribution in [1.29, 1.82) is 0 Å². The van der Waals surface area contributed by atoms with E-state index in [9.17, 15) is 5.11 Å². The largest absolute Gasteiger partial charge is 0.493 e. The maximum Gasteiger partial charge on any atom is 0.122 e. The van der Waals surface area contributed by atoms with Crippen molar-refractivity contribution in [3.05, 3.63) is 29.3 Å². The molecule has 1 N–H and O–H groups in total. The average Bonchev–Trinajstić information content (AvgIpc) is 2.75. The molecule has 0 radical (unpaired) electrons. The van der Waals surface area contributed by atoms with E-state index < -0.39 is 6.10 Å². The Morgan fingerprint density at radius 3 is 3.06 bits per heavy atom. The minimum absolute atomic E-state index is 0.176. The topological polar surface area (TPSA) is 38.7 Å². The van der Waals surface area contributed by atoms with E-state index in [1.54, 1.807) is 0 Å². The van der Waals surface area contributed by atoms with Crippen LogP contribution in [0.2, 0.25) is 0 Å². The van der Waals surface area contributed by atoms with E-state index in [4.69, 9.17) is 9.47 Å². The fraction of sp³-hybridized carbons (Fsp3) is 0.538. The molecule has 1 aliphatic heterocycles. The Balaban J connectivity index is 2.14. The monoisotopic (exact) mass is 222 g/mol. The number of aliphatic hydroxyl groups excluding tert-OH is 1. The lowest BCUT2D eigenvalue weighted by Gasteiger charge is -2.19. The summed E-state index contributed by atoms with van der Waals surface area (Å²) >= 11 is 0. The third-order valence-electron chi connectivity index (χ3n) is 2.93. The van der Waals surface area contributed by atoms with Crippen molar-refractivity contribution in [2.24, 2.45) is 0 Å². The van der Waals surface area contributed by atoms with Gasteiger partial charge in [-0.1, -0.05) is 6.07 Å². The molecule has 0 bridgehead atoms. The molecule has 0 saturated carbocycles. The van der Waals surface area contributed by atoms with Crippen LogP contribution in [0.5, 0.6) is 5.75 Å². The number of aliphatic hydroxyl groups is 1. The lowest BCUT2D eigenvalue weighted by molar-refractivity contribution is -0.0227. The molecule has 0 saturated heterocycles. The Hall–Kier alpha value is -1.06. The fourth-order valence-corrected chi connectivity index (χ4v) is 2.02. The molecule has 1 heterocycles. The first-order valence-corrected chi connectivity index (χ1v) is 5.77. The Morgan fingerprint density at radius 1 is 1.50 bits per heavy atom. The van der Waals surface area contributed by atoms with Gasteiger partial charge >= 0.3 is 0 Å². The summed E-state index contributed by atoms with van der Waals surface area (Å²) in [6.07, 6.45) is 0.190. The fourth-order valence-electron chi connectivity index (χ4n) is 2.02. The van der Waals surface area contributed by atoms with Crippen molar-refractivity contribution < 1.29 is 14.6 Å². The van der Waals surface area contributed by atoms with Crippen LogP contribution in [0, 0.1) is 0 Å². The van der Waals surface area contributed by atoms with Crippen LogP contribution in [-0.2, 0) is 11.2 Å². The standard InChI is InChI=1S/C13H18O3/c1-3-15-9(2)13(14)11-4-5-12-10(8-11)6-7-16-12/h4-5,8-9,13-14H,3,6-7H2,1-2H3. The maximum absolute atomic E-state index is 10.1. The maximum atomic E-state index is 10.1. The second kappa shape index (κ2) is 4.85. The zero-order valence-electron chi connectivity index (χ0n) is 9.77. The highest BCUT2D eigenvalue weighted by molar-refractivity contribution is 5.40. The molecule has 3 heteroatoms. The molecule has 2 rings (SSSR count). The van der Waals surface area contributed by atoms with Crippen LogP contribution in [0.25, 0.3) is 0 Å². The molecule has 1 aromatic rings. The number of ether oxygens (including phenoxy) is 2. The van der Waals surface area contributed by atoms with E-state index in [1.165, 1.54) is 5.56 Å². The van der Waals surface area contributed by atoms with Crippen LogP contribution in [0.1, 0.15) is 31.1 Å². The van der Waals surface area contributed by atoms with Gasteiger partial charge in [0.25, 0.3) is 0 Å². The van der Waals surface area contributed by atoms with Gasteiger partial charge in [-0.05, 0) is 37.1 Å². The van der Waals surface area contributed by atoms with Crippen LogP contribution < -0.4 is 4.74 Å². The number of rotatable bonds is 4. The summed E-state index contributed by atoms with van der Waals surface area (Å²) in [6.45, 7) is 5.18. The summed E-state index contributed by atoms with van der Waals surface area (Å²) in [4.78, 5) is 0. The van der Waals surface area contributed by atoms with Gasteiger partial charge in [-0.15, -0.1) is 0 Å². The minimum Gasteiger partial charge on any atom is -0.493 e. The number of fused-ring (bicyclic) bond motifs is 1. The van der Waals surface area contributed by atoms with Crippen molar-refractivity contribution in [3.63, 3.8) is 0 Å². The van der Waals surface area contributed by atoms with Gasteiger partial charge in [0.15, 0.2) is 0 Å². The van der Waals surface area contributed by atoms with Gasteiger partial charge in [-0.25, -0.2) is 0 Å². The molecule has 0 spiro atoms. The van der Waals surface area contributed by atoms with Gasteiger partial charge in [0.05, 0.1) is 12.7 Å². The molecule has 0 aromatic heterocycles. The van der Waals surface area contributed by atoms with Crippen LogP contribution in [0.3, 0.4) is 0 Å². The molecule has 2 atom stereocenters. The summed E-state index contributed by atoms with van der Waals surface area (Å²) in [5.74, 6) is 0.944. The molecule has 0 aliphatic carbocycles. The number of hydrogen-bond donors (Lipinski definition) is 1. The molecular formula is C13H18O3. The van der Waals surface area contributed by atoms with E-state index in [2.05, 4.69) is 0 Å². The van der Waals surface area contributed by atoms with Crippen LogP contribution in [0.4, 0.5) is 0 Å². The van der Waals surface area contributed by atoms with E-state index in [1.807, 2.05) is 32.0 Å². The Morgan fingerprint density at radius 2 is 2.31 bits per heavy atom. The Labute approximate surface area is 96.0 Å². The predicted octanol–water partition coefficient (Wildman–Crippen LogP) is 2.08. The highest BCUT2D eigenvalue weighted by atomic mass is 16.5. The normalized spacial score (nSPS) is 17.7. The molecule has 88 valence electrons. The smallest absolute Gasteiger partial charge is 0.122 e. The van der Waals surface area contributed by atoms with Crippen LogP contribution in [-0.4, -0.2) is 24.4 Å². The quantitative estimate of drug-likeness (QED) is 0.847. The first-order valence-electron chi connectivity index (χ1n) is 5.77. The highest BCUT2D eigenvalue weighted by Crippen LogP contribution is 2.29. The molecular weight excluding hydrogens is 204 g/mol. The summed E-state index contributed by atoms with van der Waals surface area (Å²) in [5.41, 5.74) is 2.09. The summed E-state index contributed by atoms with van der Waals surface area (Å²) < 4.78 is 10.8. The minimum atomic E-state index is -0.564. The lowest BCUT2D eigenvalue weighted by atomic mass is 10.0. The molecule has 1 aromatic carbocycles. The van der Waals surface area contributed by atoms with E-state index >= 15 is 0 Å². The molecule has 0 fully saturated rings. The third-order valence-corrected chi connectivity index (χ3v) is 2.93. The van der Waals surface area contributed by atoms with Gasteiger partial charge in [0, 0.05) is 13.0 Å². The summed E-state index contributed by atoms with van der Waals surface area (Å²) in [6, 6.07) is 5.85. The zero-order chi connectivity index (χ0) is 11.5. The van der Waals surface area contributed by atoms with Crippen molar-refractivity contribution in [2.45, 2.75) is 32.5 Å². The van der Waals surface area contributed by atoms with Crippen LogP contribution >= 0.6 is 0 Å². The second-order valence-electron chi connectivity index (χ2n) is 4.07. The number of hydrogen-bond acceptors (Lipinski definition) is 3. The SMILES string of the molecule is CCOC(C)C(O)c1ccc2c(c1)CCO2. The Bertz CT molecular complexity index is 362.